The minimum atomic E-state index is 0.171. The van der Waals surface area contributed by atoms with E-state index in [0.29, 0.717) is 5.75 Å². The van der Waals surface area contributed by atoms with Gasteiger partial charge in [0.1, 0.15) is 0 Å². The minimum absolute atomic E-state index is 0.171. The molecule has 3 nitrogen and oxygen atoms in total. The summed E-state index contributed by atoms with van der Waals surface area (Å²) in [6, 6.07) is 8.52. The summed E-state index contributed by atoms with van der Waals surface area (Å²) in [6.07, 6.45) is 3.67. The van der Waals surface area contributed by atoms with Crippen LogP contribution in [0.15, 0.2) is 24.3 Å². The number of nitrogens with one attached hydrogen (secondary N) is 1. The Balaban J connectivity index is 1.53. The Morgan fingerprint density at radius 2 is 1.95 bits per heavy atom. The van der Waals surface area contributed by atoms with Gasteiger partial charge in [-0.25, -0.2) is 0 Å². The molecule has 22 heavy (non-hydrogen) atoms. The number of hydrogen-bond acceptors (Lipinski definition) is 3. The van der Waals surface area contributed by atoms with E-state index in [4.69, 9.17) is 0 Å². The summed E-state index contributed by atoms with van der Waals surface area (Å²) in [7, 11) is 2.18. The van der Waals surface area contributed by atoms with Crippen LogP contribution in [-0.2, 0) is 10.5 Å². The highest BCUT2D eigenvalue weighted by Crippen LogP contribution is 2.18. The number of thioether (sulfide) groups is 1. The van der Waals surface area contributed by atoms with Crippen molar-refractivity contribution in [3.05, 3.63) is 35.4 Å². The first-order valence-corrected chi connectivity index (χ1v) is 9.37. The number of likely N-dealkylation sites (tertiary alicyclic amines) is 1. The zero-order valence-corrected chi connectivity index (χ0v) is 14.6. The van der Waals surface area contributed by atoms with Crippen molar-refractivity contribution in [2.75, 3.05) is 32.4 Å². The van der Waals surface area contributed by atoms with Gasteiger partial charge in [0.15, 0.2) is 0 Å². The minimum Gasteiger partial charge on any atom is -0.355 e. The van der Waals surface area contributed by atoms with Crippen LogP contribution in [0.25, 0.3) is 0 Å². The van der Waals surface area contributed by atoms with E-state index in [1.165, 1.54) is 37.1 Å². The molecule has 122 valence electrons. The molecule has 0 spiro atoms. The highest BCUT2D eigenvalue weighted by Gasteiger charge is 2.16. The monoisotopic (exact) mass is 320 g/mol. The van der Waals surface area contributed by atoms with Crippen LogP contribution in [0.4, 0.5) is 0 Å². The molecule has 0 aliphatic carbocycles. The molecule has 1 amide bonds. The number of rotatable bonds is 7. The molecule has 0 atom stereocenters. The van der Waals surface area contributed by atoms with Gasteiger partial charge in [-0.15, -0.1) is 11.8 Å². The standard InChI is InChI=1S/C18H28N2OS/c1-15-3-5-17(6-4-15)13-22-14-18(21)19-10-7-16-8-11-20(2)12-9-16/h3-6,16H,7-14H2,1-2H3,(H,19,21). The van der Waals surface area contributed by atoms with E-state index in [2.05, 4.69) is 48.5 Å². The van der Waals surface area contributed by atoms with Crippen LogP contribution in [0.5, 0.6) is 0 Å². The third-order valence-electron chi connectivity index (χ3n) is 4.34. The predicted molar refractivity (Wildman–Crippen MR) is 95.2 cm³/mol. The number of aryl methyl sites for hydroxylation is 1. The maximum Gasteiger partial charge on any atom is 0.230 e. The number of carbonyl (C=O) groups excluding carboxylic acids is 1. The summed E-state index contributed by atoms with van der Waals surface area (Å²) in [6.45, 7) is 5.32. The highest BCUT2D eigenvalue weighted by molar-refractivity contribution is 7.99. The summed E-state index contributed by atoms with van der Waals surface area (Å²) < 4.78 is 0. The molecule has 1 aromatic rings. The second kappa shape index (κ2) is 9.21. The van der Waals surface area contributed by atoms with Crippen LogP contribution in [0.2, 0.25) is 0 Å². The first kappa shape index (κ1) is 17.4. The van der Waals surface area contributed by atoms with Crippen molar-refractivity contribution in [3.8, 4) is 0 Å². The number of amides is 1. The third-order valence-corrected chi connectivity index (χ3v) is 5.34. The molecule has 0 radical (unpaired) electrons. The van der Waals surface area contributed by atoms with Crippen LogP contribution in [0.1, 0.15) is 30.4 Å². The number of piperidine rings is 1. The Labute approximate surface area is 138 Å². The lowest BCUT2D eigenvalue weighted by molar-refractivity contribution is -0.118. The van der Waals surface area contributed by atoms with Crippen LogP contribution in [-0.4, -0.2) is 43.2 Å². The first-order chi connectivity index (χ1) is 10.6. The Morgan fingerprint density at radius 1 is 1.27 bits per heavy atom. The van der Waals surface area contributed by atoms with Crippen molar-refractivity contribution in [1.82, 2.24) is 10.2 Å². The van der Waals surface area contributed by atoms with Gasteiger partial charge in [-0.05, 0) is 57.8 Å². The van der Waals surface area contributed by atoms with Gasteiger partial charge >= 0.3 is 0 Å². The Bertz CT molecular complexity index is 453. The zero-order valence-electron chi connectivity index (χ0n) is 13.8. The summed E-state index contributed by atoms with van der Waals surface area (Å²) in [5.74, 6) is 2.42. The number of benzene rings is 1. The summed E-state index contributed by atoms with van der Waals surface area (Å²) in [4.78, 5) is 14.2. The third kappa shape index (κ3) is 6.41. The fourth-order valence-corrected chi connectivity index (χ4v) is 3.58. The van der Waals surface area contributed by atoms with Gasteiger partial charge in [0.05, 0.1) is 5.75 Å². The number of hydrogen-bond donors (Lipinski definition) is 1. The van der Waals surface area contributed by atoms with Gasteiger partial charge in [-0.3, -0.25) is 4.79 Å². The van der Waals surface area contributed by atoms with Gasteiger partial charge in [-0.2, -0.15) is 0 Å². The molecular weight excluding hydrogens is 292 g/mol. The fraction of sp³-hybridized carbons (Fsp3) is 0.611. The van der Waals surface area contributed by atoms with Gasteiger partial charge in [0, 0.05) is 12.3 Å². The molecule has 1 aliphatic heterocycles. The van der Waals surface area contributed by atoms with Crippen molar-refractivity contribution >= 4 is 17.7 Å². The second-order valence-electron chi connectivity index (χ2n) is 6.36. The van der Waals surface area contributed by atoms with E-state index in [-0.39, 0.29) is 5.91 Å². The van der Waals surface area contributed by atoms with Gasteiger partial charge in [0.25, 0.3) is 0 Å². The average Bonchev–Trinajstić information content (AvgIpc) is 2.51. The van der Waals surface area contributed by atoms with Crippen LogP contribution in [0.3, 0.4) is 0 Å². The maximum atomic E-state index is 11.8. The highest BCUT2D eigenvalue weighted by atomic mass is 32.2. The average molecular weight is 321 g/mol. The van der Waals surface area contributed by atoms with E-state index in [0.717, 1.165) is 24.6 Å². The molecule has 1 saturated heterocycles. The Hall–Kier alpha value is -1.00. The topological polar surface area (TPSA) is 32.3 Å². The number of carbonyl (C=O) groups is 1. The van der Waals surface area contributed by atoms with E-state index in [1.807, 2.05) is 0 Å². The van der Waals surface area contributed by atoms with Crippen molar-refractivity contribution in [1.29, 1.82) is 0 Å². The Kier molecular flexibility index (Phi) is 7.26. The van der Waals surface area contributed by atoms with Gasteiger partial charge < -0.3 is 10.2 Å². The summed E-state index contributed by atoms with van der Waals surface area (Å²) >= 11 is 1.69. The molecule has 1 aromatic carbocycles. The van der Waals surface area contributed by atoms with Crippen molar-refractivity contribution < 1.29 is 4.79 Å². The van der Waals surface area contributed by atoms with Crippen molar-refractivity contribution in [2.24, 2.45) is 5.92 Å². The van der Waals surface area contributed by atoms with Crippen LogP contribution in [0, 0.1) is 12.8 Å². The lowest BCUT2D eigenvalue weighted by Crippen LogP contribution is -2.33. The van der Waals surface area contributed by atoms with Gasteiger partial charge in [0.2, 0.25) is 5.91 Å². The van der Waals surface area contributed by atoms with Gasteiger partial charge in [-0.1, -0.05) is 29.8 Å². The molecule has 0 unspecified atom stereocenters. The molecule has 1 heterocycles. The molecule has 2 rings (SSSR count). The zero-order chi connectivity index (χ0) is 15.8. The molecule has 4 heteroatoms. The quantitative estimate of drug-likeness (QED) is 0.838. The fourth-order valence-electron chi connectivity index (χ4n) is 2.76. The first-order valence-electron chi connectivity index (χ1n) is 8.22. The number of nitrogens with zero attached hydrogens (tertiary/aromatic N) is 1. The molecule has 1 N–H and O–H groups in total. The SMILES string of the molecule is Cc1ccc(CSCC(=O)NCCC2CCN(C)CC2)cc1. The molecule has 0 saturated carbocycles. The lowest BCUT2D eigenvalue weighted by Gasteiger charge is -2.28. The molecular formula is C18H28N2OS. The van der Waals surface area contributed by atoms with Crippen molar-refractivity contribution in [2.45, 2.75) is 31.9 Å². The molecule has 1 aliphatic rings. The summed E-state index contributed by atoms with van der Waals surface area (Å²) in [5, 5.41) is 3.06. The second-order valence-corrected chi connectivity index (χ2v) is 7.35. The molecule has 1 fully saturated rings. The van der Waals surface area contributed by atoms with E-state index in [1.54, 1.807) is 11.8 Å². The van der Waals surface area contributed by atoms with Crippen LogP contribution < -0.4 is 5.32 Å². The normalized spacial score (nSPS) is 16.6. The van der Waals surface area contributed by atoms with E-state index in [9.17, 15) is 4.79 Å². The molecule has 0 aromatic heterocycles. The van der Waals surface area contributed by atoms with Crippen molar-refractivity contribution in [3.63, 3.8) is 0 Å². The Morgan fingerprint density at radius 3 is 2.64 bits per heavy atom. The lowest BCUT2D eigenvalue weighted by atomic mass is 9.94. The van der Waals surface area contributed by atoms with E-state index < -0.39 is 0 Å². The van der Waals surface area contributed by atoms with E-state index >= 15 is 0 Å². The predicted octanol–water partition coefficient (Wildman–Crippen LogP) is 3.08. The smallest absolute Gasteiger partial charge is 0.230 e. The largest absolute Gasteiger partial charge is 0.355 e. The van der Waals surface area contributed by atoms with Crippen LogP contribution >= 0.6 is 11.8 Å². The summed E-state index contributed by atoms with van der Waals surface area (Å²) in [5.41, 5.74) is 2.56. The maximum absolute atomic E-state index is 11.8. The molecule has 0 bridgehead atoms.